The average molecular weight is 331 g/mol. The first-order valence-corrected chi connectivity index (χ1v) is 8.96. The molecule has 2 saturated heterocycles. The van der Waals surface area contributed by atoms with E-state index in [0.29, 0.717) is 23.8 Å². The van der Waals surface area contributed by atoms with Crippen LogP contribution in [0.4, 0.5) is 0 Å². The van der Waals surface area contributed by atoms with Crippen molar-refractivity contribution in [1.29, 1.82) is 0 Å². The maximum absolute atomic E-state index is 12.8. The SMILES string of the molecule is CN(C(=O)c1csc(-c2cnn(C)c2)n1)C1CC2CCC(C1)N2. The van der Waals surface area contributed by atoms with Gasteiger partial charge in [0.1, 0.15) is 10.7 Å². The standard InChI is InChI=1S/C16H21N5OS/c1-20-8-10(7-17-20)15-19-14(9-23-15)16(22)21(2)13-5-11-3-4-12(6-13)18-11/h7-9,11-13,18H,3-6H2,1-2H3. The van der Waals surface area contributed by atoms with Gasteiger partial charge < -0.3 is 10.2 Å². The van der Waals surface area contributed by atoms with Crippen molar-refractivity contribution in [3.8, 4) is 10.6 Å². The number of fused-ring (bicyclic) bond motifs is 2. The zero-order valence-electron chi connectivity index (χ0n) is 13.4. The normalized spacial score (nSPS) is 26.4. The first-order chi connectivity index (χ1) is 11.1. The predicted molar refractivity (Wildman–Crippen MR) is 89.4 cm³/mol. The molecule has 2 bridgehead atoms. The van der Waals surface area contributed by atoms with E-state index in [1.54, 1.807) is 10.9 Å². The van der Waals surface area contributed by atoms with Gasteiger partial charge in [0.25, 0.3) is 5.91 Å². The molecule has 1 amide bonds. The van der Waals surface area contributed by atoms with E-state index in [2.05, 4.69) is 15.4 Å². The number of carbonyl (C=O) groups is 1. The third kappa shape index (κ3) is 2.79. The Kier molecular flexibility index (Phi) is 3.69. The van der Waals surface area contributed by atoms with Crippen molar-refractivity contribution in [3.05, 3.63) is 23.5 Å². The van der Waals surface area contributed by atoms with Crippen LogP contribution >= 0.6 is 11.3 Å². The zero-order valence-corrected chi connectivity index (χ0v) is 14.2. The minimum Gasteiger partial charge on any atom is -0.337 e. The van der Waals surface area contributed by atoms with Gasteiger partial charge in [0.2, 0.25) is 0 Å². The van der Waals surface area contributed by atoms with Gasteiger partial charge in [-0.15, -0.1) is 11.3 Å². The molecule has 4 rings (SSSR count). The van der Waals surface area contributed by atoms with Gasteiger partial charge in [-0.05, 0) is 25.7 Å². The molecule has 2 aromatic rings. The van der Waals surface area contributed by atoms with Crippen molar-refractivity contribution in [3.63, 3.8) is 0 Å². The quantitative estimate of drug-likeness (QED) is 0.933. The summed E-state index contributed by atoms with van der Waals surface area (Å²) in [6, 6.07) is 1.48. The molecule has 2 atom stereocenters. The highest BCUT2D eigenvalue weighted by atomic mass is 32.1. The molecule has 7 heteroatoms. The Bertz CT molecular complexity index is 712. The number of piperidine rings is 1. The lowest BCUT2D eigenvalue weighted by atomic mass is 9.98. The number of amides is 1. The number of nitrogens with zero attached hydrogens (tertiary/aromatic N) is 4. The summed E-state index contributed by atoms with van der Waals surface area (Å²) in [6.45, 7) is 0. The molecule has 2 aliphatic heterocycles. The zero-order chi connectivity index (χ0) is 16.0. The molecule has 1 N–H and O–H groups in total. The van der Waals surface area contributed by atoms with Crippen LogP contribution in [0.5, 0.6) is 0 Å². The lowest BCUT2D eigenvalue weighted by Gasteiger charge is -2.35. The molecule has 122 valence electrons. The van der Waals surface area contributed by atoms with E-state index in [9.17, 15) is 4.79 Å². The maximum atomic E-state index is 12.8. The van der Waals surface area contributed by atoms with Crippen molar-refractivity contribution < 1.29 is 4.79 Å². The number of hydrogen-bond acceptors (Lipinski definition) is 5. The summed E-state index contributed by atoms with van der Waals surface area (Å²) >= 11 is 1.50. The summed E-state index contributed by atoms with van der Waals surface area (Å²) in [5, 5.41) is 10.5. The highest BCUT2D eigenvalue weighted by Gasteiger charge is 2.36. The molecule has 2 unspecified atom stereocenters. The summed E-state index contributed by atoms with van der Waals surface area (Å²) in [6.07, 6.45) is 8.29. The third-order valence-corrected chi connectivity index (χ3v) is 5.88. The summed E-state index contributed by atoms with van der Waals surface area (Å²) in [7, 11) is 3.79. The van der Waals surface area contributed by atoms with Crippen molar-refractivity contribution in [2.24, 2.45) is 7.05 Å². The number of aromatic nitrogens is 3. The summed E-state index contributed by atoms with van der Waals surface area (Å²) < 4.78 is 1.75. The van der Waals surface area contributed by atoms with Crippen molar-refractivity contribution in [1.82, 2.24) is 25.0 Å². The topological polar surface area (TPSA) is 63.1 Å². The molecule has 23 heavy (non-hydrogen) atoms. The van der Waals surface area contributed by atoms with Crippen LogP contribution in [-0.2, 0) is 7.05 Å². The van der Waals surface area contributed by atoms with E-state index >= 15 is 0 Å². The molecular formula is C16H21N5OS. The fourth-order valence-corrected chi connectivity index (χ4v) is 4.50. The predicted octanol–water partition coefficient (Wildman–Crippen LogP) is 1.90. The highest BCUT2D eigenvalue weighted by Crippen LogP contribution is 2.30. The van der Waals surface area contributed by atoms with Crippen LogP contribution in [-0.4, -0.2) is 50.7 Å². The van der Waals surface area contributed by atoms with Crippen molar-refractivity contribution in [2.75, 3.05) is 7.05 Å². The summed E-state index contributed by atoms with van der Waals surface area (Å²) in [5.74, 6) is 0.0303. The Morgan fingerprint density at radius 2 is 2.13 bits per heavy atom. The Balaban J connectivity index is 1.49. The first-order valence-electron chi connectivity index (χ1n) is 8.08. The van der Waals surface area contributed by atoms with Crippen LogP contribution in [0.3, 0.4) is 0 Å². The minimum atomic E-state index is 0.0303. The molecule has 0 saturated carbocycles. The Morgan fingerprint density at radius 3 is 2.78 bits per heavy atom. The van der Waals surface area contributed by atoms with Gasteiger partial charge in [-0.25, -0.2) is 4.98 Å². The average Bonchev–Trinajstić information content (AvgIpc) is 3.26. The fraction of sp³-hybridized carbons (Fsp3) is 0.562. The molecular weight excluding hydrogens is 310 g/mol. The van der Waals surface area contributed by atoms with Gasteiger partial charge in [0.15, 0.2) is 0 Å². The number of aryl methyl sites for hydroxylation is 1. The molecule has 2 fully saturated rings. The Hall–Kier alpha value is -1.73. The number of hydrogen-bond donors (Lipinski definition) is 1. The number of thiazole rings is 1. The second kappa shape index (κ2) is 5.72. The fourth-order valence-electron chi connectivity index (χ4n) is 3.73. The van der Waals surface area contributed by atoms with Crippen molar-refractivity contribution >= 4 is 17.2 Å². The van der Waals surface area contributed by atoms with E-state index in [1.807, 2.05) is 30.6 Å². The van der Waals surface area contributed by atoms with Gasteiger partial charge in [-0.1, -0.05) is 0 Å². The van der Waals surface area contributed by atoms with Gasteiger partial charge in [0, 0.05) is 49.4 Å². The monoisotopic (exact) mass is 331 g/mol. The molecule has 6 nitrogen and oxygen atoms in total. The molecule has 2 aliphatic rings. The first kappa shape index (κ1) is 14.8. The second-order valence-electron chi connectivity index (χ2n) is 6.62. The summed E-state index contributed by atoms with van der Waals surface area (Å²) in [4.78, 5) is 19.2. The highest BCUT2D eigenvalue weighted by molar-refractivity contribution is 7.13. The van der Waals surface area contributed by atoms with Crippen LogP contribution in [0.1, 0.15) is 36.2 Å². The van der Waals surface area contributed by atoms with E-state index in [0.717, 1.165) is 23.4 Å². The van der Waals surface area contributed by atoms with Gasteiger partial charge in [-0.2, -0.15) is 5.10 Å². The molecule has 0 aromatic carbocycles. The summed E-state index contributed by atoms with van der Waals surface area (Å²) in [5.41, 5.74) is 1.50. The molecule has 4 heterocycles. The molecule has 0 spiro atoms. The van der Waals surface area contributed by atoms with Crippen LogP contribution in [0.25, 0.3) is 10.6 Å². The van der Waals surface area contributed by atoms with Crippen LogP contribution in [0.15, 0.2) is 17.8 Å². The van der Waals surface area contributed by atoms with E-state index in [1.165, 1.54) is 24.2 Å². The van der Waals surface area contributed by atoms with Crippen LogP contribution in [0, 0.1) is 0 Å². The van der Waals surface area contributed by atoms with Gasteiger partial charge in [0.05, 0.1) is 6.20 Å². The second-order valence-corrected chi connectivity index (χ2v) is 7.48. The van der Waals surface area contributed by atoms with Gasteiger partial charge >= 0.3 is 0 Å². The van der Waals surface area contributed by atoms with E-state index in [-0.39, 0.29) is 5.91 Å². The lowest BCUT2D eigenvalue weighted by Crippen LogP contribution is -2.48. The van der Waals surface area contributed by atoms with Crippen LogP contribution < -0.4 is 5.32 Å². The molecule has 2 aromatic heterocycles. The number of rotatable bonds is 3. The third-order valence-electron chi connectivity index (χ3n) is 4.99. The maximum Gasteiger partial charge on any atom is 0.273 e. The molecule has 0 radical (unpaired) electrons. The minimum absolute atomic E-state index is 0.0303. The van der Waals surface area contributed by atoms with Gasteiger partial charge in [-0.3, -0.25) is 9.48 Å². The van der Waals surface area contributed by atoms with E-state index in [4.69, 9.17) is 0 Å². The Morgan fingerprint density at radius 1 is 1.39 bits per heavy atom. The number of nitrogens with one attached hydrogen (secondary N) is 1. The molecule has 0 aliphatic carbocycles. The lowest BCUT2D eigenvalue weighted by molar-refractivity contribution is 0.0676. The Labute approximate surface area is 139 Å². The largest absolute Gasteiger partial charge is 0.337 e. The van der Waals surface area contributed by atoms with Crippen LogP contribution in [0.2, 0.25) is 0 Å². The number of carbonyl (C=O) groups excluding carboxylic acids is 1. The van der Waals surface area contributed by atoms with E-state index < -0.39 is 0 Å². The smallest absolute Gasteiger partial charge is 0.273 e. The van der Waals surface area contributed by atoms with Crippen molar-refractivity contribution in [2.45, 2.75) is 43.8 Å².